The zero-order valence-corrected chi connectivity index (χ0v) is 10.8. The molecule has 0 aliphatic rings. The maximum atomic E-state index is 10.5. The van der Waals surface area contributed by atoms with Crippen molar-refractivity contribution in [2.24, 2.45) is 0 Å². The highest BCUT2D eigenvalue weighted by Gasteiger charge is 2.15. The average molecular weight is 239 g/mol. The van der Waals surface area contributed by atoms with Crippen molar-refractivity contribution in [2.75, 3.05) is 11.4 Å². The van der Waals surface area contributed by atoms with Gasteiger partial charge in [0.2, 0.25) is 5.95 Å². The van der Waals surface area contributed by atoms with Gasteiger partial charge >= 0.3 is 5.97 Å². The lowest BCUT2D eigenvalue weighted by Crippen LogP contribution is -2.34. The minimum absolute atomic E-state index is 0.204. The first kappa shape index (κ1) is 13.5. The van der Waals surface area contributed by atoms with Gasteiger partial charge in [0.1, 0.15) is 0 Å². The average Bonchev–Trinajstić information content (AvgIpc) is 2.71. The number of aromatic nitrogens is 2. The molecule has 0 radical (unpaired) electrons. The van der Waals surface area contributed by atoms with Crippen molar-refractivity contribution < 1.29 is 9.90 Å². The number of hydrogen-bond donors (Lipinski definition) is 1. The highest BCUT2D eigenvalue weighted by Crippen LogP contribution is 2.15. The molecule has 1 heterocycles. The summed E-state index contributed by atoms with van der Waals surface area (Å²) in [5.74, 6) is 0.181. The molecule has 0 fully saturated rings. The van der Waals surface area contributed by atoms with Crippen molar-refractivity contribution >= 4 is 11.9 Å². The molecular weight excluding hydrogens is 218 g/mol. The molecule has 1 aromatic rings. The van der Waals surface area contributed by atoms with Gasteiger partial charge < -0.3 is 14.6 Å². The molecule has 5 nitrogen and oxygen atoms in total. The van der Waals surface area contributed by atoms with Gasteiger partial charge in [0.15, 0.2) is 0 Å². The number of nitrogens with zero attached hydrogens (tertiary/aromatic N) is 3. The Bertz CT molecular complexity index is 360. The van der Waals surface area contributed by atoms with E-state index in [4.69, 9.17) is 5.11 Å². The second-order valence-corrected chi connectivity index (χ2v) is 4.30. The lowest BCUT2D eigenvalue weighted by atomic mass is 10.2. The Labute approximate surface area is 102 Å². The Morgan fingerprint density at radius 1 is 1.59 bits per heavy atom. The number of imidazole rings is 1. The van der Waals surface area contributed by atoms with Crippen molar-refractivity contribution in [1.29, 1.82) is 0 Å². The summed E-state index contributed by atoms with van der Waals surface area (Å²) >= 11 is 0. The summed E-state index contributed by atoms with van der Waals surface area (Å²) in [5, 5.41) is 8.66. The molecule has 0 atom stereocenters. The van der Waals surface area contributed by atoms with Gasteiger partial charge in [0, 0.05) is 37.9 Å². The summed E-state index contributed by atoms with van der Waals surface area (Å²) in [4.78, 5) is 17.0. The second kappa shape index (κ2) is 6.27. The first-order valence-electron chi connectivity index (χ1n) is 6.05. The van der Waals surface area contributed by atoms with E-state index in [1.165, 1.54) is 0 Å². The summed E-state index contributed by atoms with van der Waals surface area (Å²) in [6.07, 6.45) is 4.58. The molecule has 1 rings (SSSR count). The number of carbonyl (C=O) groups is 1. The van der Waals surface area contributed by atoms with Crippen LogP contribution in [0.3, 0.4) is 0 Å². The molecule has 0 aliphatic heterocycles. The quantitative estimate of drug-likeness (QED) is 0.790. The number of hydrogen-bond acceptors (Lipinski definition) is 3. The lowest BCUT2D eigenvalue weighted by molar-refractivity contribution is -0.137. The van der Waals surface area contributed by atoms with Crippen molar-refractivity contribution in [3.8, 4) is 0 Å². The van der Waals surface area contributed by atoms with Gasteiger partial charge in [0.05, 0.1) is 0 Å². The summed E-state index contributed by atoms with van der Waals surface area (Å²) in [6.45, 7) is 7.85. The standard InChI is InChI=1S/C12H21N3O2/c1-4-14-9-7-13-12(14)15(10(2)3)8-5-6-11(16)17/h7,9-10H,4-6,8H2,1-3H3,(H,16,17). The van der Waals surface area contributed by atoms with Crippen LogP contribution >= 0.6 is 0 Å². The Morgan fingerprint density at radius 2 is 2.29 bits per heavy atom. The Balaban J connectivity index is 2.69. The number of aliphatic carboxylic acids is 1. The van der Waals surface area contributed by atoms with E-state index in [0.29, 0.717) is 12.5 Å². The van der Waals surface area contributed by atoms with Gasteiger partial charge in [-0.15, -0.1) is 0 Å². The molecule has 0 aromatic carbocycles. The monoisotopic (exact) mass is 239 g/mol. The van der Waals surface area contributed by atoms with Gasteiger partial charge in [-0.3, -0.25) is 4.79 Å². The van der Waals surface area contributed by atoms with Crippen molar-refractivity contribution in [1.82, 2.24) is 9.55 Å². The van der Waals surface area contributed by atoms with Gasteiger partial charge in [-0.05, 0) is 27.2 Å². The van der Waals surface area contributed by atoms with E-state index in [-0.39, 0.29) is 6.42 Å². The fraction of sp³-hybridized carbons (Fsp3) is 0.667. The van der Waals surface area contributed by atoms with E-state index in [2.05, 4.69) is 35.2 Å². The van der Waals surface area contributed by atoms with Crippen LogP contribution in [0.4, 0.5) is 5.95 Å². The second-order valence-electron chi connectivity index (χ2n) is 4.30. The molecular formula is C12H21N3O2. The number of aryl methyl sites for hydroxylation is 1. The molecule has 0 unspecified atom stereocenters. The molecule has 17 heavy (non-hydrogen) atoms. The summed E-state index contributed by atoms with van der Waals surface area (Å²) in [5.41, 5.74) is 0. The normalized spacial score (nSPS) is 10.8. The maximum absolute atomic E-state index is 10.5. The molecule has 0 saturated heterocycles. The van der Waals surface area contributed by atoms with Gasteiger partial charge in [-0.2, -0.15) is 0 Å². The van der Waals surface area contributed by atoms with Crippen molar-refractivity contribution in [3.63, 3.8) is 0 Å². The fourth-order valence-corrected chi connectivity index (χ4v) is 1.80. The Hall–Kier alpha value is -1.52. The largest absolute Gasteiger partial charge is 0.481 e. The van der Waals surface area contributed by atoms with Crippen molar-refractivity contribution in [2.45, 2.75) is 46.2 Å². The number of rotatable bonds is 7. The smallest absolute Gasteiger partial charge is 0.303 e. The van der Waals surface area contributed by atoms with E-state index in [1.807, 2.05) is 6.20 Å². The van der Waals surface area contributed by atoms with Crippen LogP contribution in [-0.2, 0) is 11.3 Å². The third kappa shape index (κ3) is 3.76. The van der Waals surface area contributed by atoms with Crippen LogP contribution < -0.4 is 4.90 Å². The van der Waals surface area contributed by atoms with Gasteiger partial charge in [-0.25, -0.2) is 4.98 Å². The molecule has 0 amide bonds. The van der Waals surface area contributed by atoms with E-state index in [0.717, 1.165) is 19.0 Å². The minimum atomic E-state index is -0.743. The predicted octanol–water partition coefficient (Wildman–Crippen LogP) is 1.98. The van der Waals surface area contributed by atoms with Crippen LogP contribution in [-0.4, -0.2) is 33.2 Å². The topological polar surface area (TPSA) is 58.4 Å². The lowest BCUT2D eigenvalue weighted by Gasteiger charge is -2.28. The molecule has 1 aromatic heterocycles. The highest BCUT2D eigenvalue weighted by molar-refractivity contribution is 5.66. The van der Waals surface area contributed by atoms with E-state index in [1.54, 1.807) is 6.20 Å². The maximum Gasteiger partial charge on any atom is 0.303 e. The van der Waals surface area contributed by atoms with Crippen molar-refractivity contribution in [3.05, 3.63) is 12.4 Å². The third-order valence-electron chi connectivity index (χ3n) is 2.70. The minimum Gasteiger partial charge on any atom is -0.481 e. The molecule has 0 aliphatic carbocycles. The van der Waals surface area contributed by atoms with Crippen LogP contribution in [0.1, 0.15) is 33.6 Å². The fourth-order valence-electron chi connectivity index (χ4n) is 1.80. The number of anilines is 1. The van der Waals surface area contributed by atoms with Crippen LogP contribution in [0.15, 0.2) is 12.4 Å². The van der Waals surface area contributed by atoms with E-state index >= 15 is 0 Å². The van der Waals surface area contributed by atoms with Gasteiger partial charge in [0.25, 0.3) is 0 Å². The number of carboxylic acids is 1. The molecule has 1 N–H and O–H groups in total. The zero-order chi connectivity index (χ0) is 12.8. The predicted molar refractivity (Wildman–Crippen MR) is 67.3 cm³/mol. The van der Waals surface area contributed by atoms with Crippen LogP contribution in [0.5, 0.6) is 0 Å². The van der Waals surface area contributed by atoms with Crippen LogP contribution in [0, 0.1) is 0 Å². The molecule has 5 heteroatoms. The summed E-state index contributed by atoms with van der Waals surface area (Å²) in [6, 6.07) is 0.316. The summed E-state index contributed by atoms with van der Waals surface area (Å²) in [7, 11) is 0. The molecule has 0 bridgehead atoms. The Kier molecular flexibility index (Phi) is 5.00. The molecule has 96 valence electrons. The SMILES string of the molecule is CCn1ccnc1N(CCCC(=O)O)C(C)C. The molecule has 0 saturated carbocycles. The van der Waals surface area contributed by atoms with Gasteiger partial charge in [-0.1, -0.05) is 0 Å². The van der Waals surface area contributed by atoms with Crippen LogP contribution in [0.25, 0.3) is 0 Å². The zero-order valence-electron chi connectivity index (χ0n) is 10.8. The Morgan fingerprint density at radius 3 is 2.82 bits per heavy atom. The highest BCUT2D eigenvalue weighted by atomic mass is 16.4. The van der Waals surface area contributed by atoms with E-state index < -0.39 is 5.97 Å². The van der Waals surface area contributed by atoms with Crippen LogP contribution in [0.2, 0.25) is 0 Å². The third-order valence-corrected chi connectivity index (χ3v) is 2.70. The molecule has 0 spiro atoms. The van der Waals surface area contributed by atoms with E-state index in [9.17, 15) is 4.79 Å². The first-order chi connectivity index (χ1) is 8.06. The summed E-state index contributed by atoms with van der Waals surface area (Å²) < 4.78 is 2.07. The first-order valence-corrected chi connectivity index (χ1v) is 6.05. The number of carboxylic acid groups (broad SMARTS) is 1.